The van der Waals surface area contributed by atoms with Crippen LogP contribution < -0.4 is 14.8 Å². The molecule has 8 heteroatoms. The molecule has 24 heavy (non-hydrogen) atoms. The molecule has 0 spiro atoms. The quantitative estimate of drug-likeness (QED) is 0.763. The van der Waals surface area contributed by atoms with Gasteiger partial charge in [-0.25, -0.2) is 8.42 Å². The van der Waals surface area contributed by atoms with Crippen LogP contribution in [0.15, 0.2) is 57.9 Å². The third-order valence-corrected chi connectivity index (χ3v) is 5.29. The maximum Gasteiger partial charge on any atom is 0.242 e. The number of ether oxygens (including phenoxy) is 1. The Morgan fingerprint density at radius 2 is 1.67 bits per heavy atom. The summed E-state index contributed by atoms with van der Waals surface area (Å²) in [4.78, 5) is 12.2. The van der Waals surface area contributed by atoms with Crippen LogP contribution in [0.2, 0.25) is 0 Å². The highest BCUT2D eigenvalue weighted by Crippen LogP contribution is 2.17. The normalized spacial score (nSPS) is 12.5. The van der Waals surface area contributed by atoms with Crippen molar-refractivity contribution in [2.75, 3.05) is 12.4 Å². The molecule has 2 N–H and O–H groups in total. The van der Waals surface area contributed by atoms with E-state index in [1.807, 2.05) is 0 Å². The summed E-state index contributed by atoms with van der Waals surface area (Å²) in [7, 11) is -2.31. The minimum absolute atomic E-state index is 0.0617. The number of carbonyl (C=O) groups is 1. The highest BCUT2D eigenvalue weighted by Gasteiger charge is 2.22. The summed E-state index contributed by atoms with van der Waals surface area (Å²) in [6.45, 7) is 1.48. The van der Waals surface area contributed by atoms with Gasteiger partial charge in [-0.3, -0.25) is 4.79 Å². The largest absolute Gasteiger partial charge is 0.497 e. The van der Waals surface area contributed by atoms with Gasteiger partial charge in [-0.1, -0.05) is 15.9 Å². The van der Waals surface area contributed by atoms with Crippen molar-refractivity contribution in [3.05, 3.63) is 53.0 Å². The summed E-state index contributed by atoms with van der Waals surface area (Å²) >= 11 is 3.30. The average molecular weight is 413 g/mol. The summed E-state index contributed by atoms with van der Waals surface area (Å²) in [5.41, 5.74) is 0.582. The van der Waals surface area contributed by atoms with E-state index in [0.717, 1.165) is 4.47 Å². The first-order chi connectivity index (χ1) is 11.3. The predicted molar refractivity (Wildman–Crippen MR) is 95.5 cm³/mol. The van der Waals surface area contributed by atoms with Crippen molar-refractivity contribution in [2.45, 2.75) is 17.9 Å². The van der Waals surface area contributed by atoms with Crippen LogP contribution in [-0.4, -0.2) is 27.5 Å². The zero-order valence-electron chi connectivity index (χ0n) is 13.1. The van der Waals surface area contributed by atoms with Gasteiger partial charge in [0.1, 0.15) is 5.75 Å². The average Bonchev–Trinajstić information content (AvgIpc) is 2.56. The van der Waals surface area contributed by atoms with Crippen LogP contribution in [0.4, 0.5) is 5.69 Å². The number of benzene rings is 2. The lowest BCUT2D eigenvalue weighted by Crippen LogP contribution is -2.41. The molecule has 1 atom stereocenters. The molecule has 0 aliphatic heterocycles. The van der Waals surface area contributed by atoms with Gasteiger partial charge in [0.2, 0.25) is 15.9 Å². The maximum atomic E-state index is 12.3. The molecule has 1 amide bonds. The summed E-state index contributed by atoms with van der Waals surface area (Å²) in [5.74, 6) is 0.101. The first kappa shape index (κ1) is 18.4. The Morgan fingerprint density at radius 3 is 2.21 bits per heavy atom. The number of methoxy groups -OCH3 is 1. The number of hydrogen-bond acceptors (Lipinski definition) is 4. The van der Waals surface area contributed by atoms with Gasteiger partial charge in [0.05, 0.1) is 18.0 Å². The SMILES string of the molecule is COc1ccc(S(=O)(=O)NC(C)C(=O)Nc2ccc(Br)cc2)cc1. The first-order valence-corrected chi connectivity index (χ1v) is 9.32. The standard InChI is InChI=1S/C16H17BrN2O4S/c1-11(16(20)18-13-5-3-12(17)4-6-13)19-24(21,22)15-9-7-14(23-2)8-10-15/h3-11,19H,1-2H3,(H,18,20). The molecule has 0 aliphatic carbocycles. The van der Waals surface area contributed by atoms with Crippen molar-refractivity contribution in [1.29, 1.82) is 0 Å². The van der Waals surface area contributed by atoms with E-state index in [2.05, 4.69) is 26.0 Å². The van der Waals surface area contributed by atoms with Gasteiger partial charge in [-0.05, 0) is 55.5 Å². The summed E-state index contributed by atoms with van der Waals surface area (Å²) < 4.78 is 32.8. The Bertz CT molecular complexity index is 805. The summed E-state index contributed by atoms with van der Waals surface area (Å²) in [5, 5.41) is 2.65. The van der Waals surface area contributed by atoms with Crippen LogP contribution in [-0.2, 0) is 14.8 Å². The van der Waals surface area contributed by atoms with Gasteiger partial charge in [0.25, 0.3) is 0 Å². The van der Waals surface area contributed by atoms with Crippen LogP contribution in [0.5, 0.6) is 5.75 Å². The fraction of sp³-hybridized carbons (Fsp3) is 0.188. The number of rotatable bonds is 6. The molecule has 0 radical (unpaired) electrons. The lowest BCUT2D eigenvalue weighted by Gasteiger charge is -2.14. The van der Waals surface area contributed by atoms with Gasteiger partial charge in [-0.2, -0.15) is 4.72 Å². The zero-order chi connectivity index (χ0) is 17.7. The molecule has 0 fully saturated rings. The van der Waals surface area contributed by atoms with E-state index in [9.17, 15) is 13.2 Å². The molecule has 2 rings (SSSR count). The van der Waals surface area contributed by atoms with Crippen LogP contribution in [0.3, 0.4) is 0 Å². The van der Waals surface area contributed by atoms with Crippen LogP contribution in [0, 0.1) is 0 Å². The second-order valence-electron chi connectivity index (χ2n) is 5.01. The third kappa shape index (κ3) is 4.80. The topological polar surface area (TPSA) is 84.5 Å². The molecular formula is C16H17BrN2O4S. The van der Waals surface area contributed by atoms with Crippen molar-refractivity contribution in [1.82, 2.24) is 4.72 Å². The maximum absolute atomic E-state index is 12.3. The van der Waals surface area contributed by atoms with Crippen molar-refractivity contribution in [3.8, 4) is 5.75 Å². The summed E-state index contributed by atoms with van der Waals surface area (Å²) in [6, 6.07) is 12.0. The van der Waals surface area contributed by atoms with Gasteiger partial charge < -0.3 is 10.1 Å². The van der Waals surface area contributed by atoms with Crippen LogP contribution >= 0.6 is 15.9 Å². The third-order valence-electron chi connectivity index (χ3n) is 3.21. The van der Waals surface area contributed by atoms with Gasteiger partial charge in [-0.15, -0.1) is 0 Å². The Kier molecular flexibility index (Phi) is 5.98. The molecule has 2 aromatic rings. The Balaban J connectivity index is 2.04. The van der Waals surface area contributed by atoms with E-state index in [1.54, 1.807) is 36.4 Å². The molecule has 0 heterocycles. The van der Waals surface area contributed by atoms with E-state index < -0.39 is 22.0 Å². The van der Waals surface area contributed by atoms with Crippen LogP contribution in [0.25, 0.3) is 0 Å². The van der Waals surface area contributed by atoms with Gasteiger partial charge in [0, 0.05) is 10.2 Å². The van der Waals surface area contributed by atoms with E-state index >= 15 is 0 Å². The molecular weight excluding hydrogens is 396 g/mol. The van der Waals surface area contributed by atoms with Gasteiger partial charge in [0.15, 0.2) is 0 Å². The fourth-order valence-electron chi connectivity index (χ4n) is 1.89. The first-order valence-electron chi connectivity index (χ1n) is 7.04. The molecule has 0 bridgehead atoms. The highest BCUT2D eigenvalue weighted by atomic mass is 79.9. The number of hydrogen-bond donors (Lipinski definition) is 2. The minimum atomic E-state index is -3.80. The molecule has 2 aromatic carbocycles. The molecule has 0 aliphatic rings. The molecule has 1 unspecified atom stereocenters. The Hall–Kier alpha value is -1.90. The number of amides is 1. The molecule has 0 saturated carbocycles. The second kappa shape index (κ2) is 7.78. The Morgan fingerprint density at radius 1 is 1.08 bits per heavy atom. The van der Waals surface area contributed by atoms with Crippen molar-refractivity contribution in [2.24, 2.45) is 0 Å². The van der Waals surface area contributed by atoms with Crippen LogP contribution in [0.1, 0.15) is 6.92 Å². The van der Waals surface area contributed by atoms with Crippen molar-refractivity contribution >= 4 is 37.5 Å². The summed E-state index contributed by atoms with van der Waals surface area (Å²) in [6.07, 6.45) is 0. The second-order valence-corrected chi connectivity index (χ2v) is 7.64. The van der Waals surface area contributed by atoms with Crippen molar-refractivity contribution in [3.63, 3.8) is 0 Å². The van der Waals surface area contributed by atoms with E-state index in [4.69, 9.17) is 4.74 Å². The van der Waals surface area contributed by atoms with Crippen molar-refractivity contribution < 1.29 is 17.9 Å². The predicted octanol–water partition coefficient (Wildman–Crippen LogP) is 2.76. The minimum Gasteiger partial charge on any atom is -0.497 e. The highest BCUT2D eigenvalue weighted by molar-refractivity contribution is 9.10. The number of sulfonamides is 1. The Labute approximate surface area is 149 Å². The zero-order valence-corrected chi connectivity index (χ0v) is 15.5. The molecule has 128 valence electrons. The molecule has 0 saturated heterocycles. The molecule has 0 aromatic heterocycles. The number of halogens is 1. The number of carbonyl (C=O) groups excluding carboxylic acids is 1. The van der Waals surface area contributed by atoms with Gasteiger partial charge >= 0.3 is 0 Å². The lowest BCUT2D eigenvalue weighted by molar-refractivity contribution is -0.117. The van der Waals surface area contributed by atoms with E-state index in [-0.39, 0.29) is 4.90 Å². The number of nitrogens with one attached hydrogen (secondary N) is 2. The lowest BCUT2D eigenvalue weighted by atomic mass is 10.3. The van der Waals surface area contributed by atoms with E-state index in [0.29, 0.717) is 11.4 Å². The smallest absolute Gasteiger partial charge is 0.242 e. The fourth-order valence-corrected chi connectivity index (χ4v) is 3.36. The molecule has 6 nitrogen and oxygen atoms in total. The monoisotopic (exact) mass is 412 g/mol. The number of anilines is 1. The van der Waals surface area contributed by atoms with E-state index in [1.165, 1.54) is 26.2 Å².